The number of methoxy groups -OCH3 is 1. The van der Waals surface area contributed by atoms with E-state index in [1.807, 2.05) is 19.1 Å². The van der Waals surface area contributed by atoms with Crippen molar-refractivity contribution in [2.24, 2.45) is 5.10 Å². The van der Waals surface area contributed by atoms with Crippen LogP contribution in [0, 0.1) is 6.92 Å². The third kappa shape index (κ3) is 3.20. The number of pyridine rings is 1. The zero-order valence-electron chi connectivity index (χ0n) is 11.3. The van der Waals surface area contributed by atoms with Gasteiger partial charge in [-0.2, -0.15) is 5.10 Å². The Balaban J connectivity index is 2.10. The summed E-state index contributed by atoms with van der Waals surface area (Å²) in [4.78, 5) is 16.0. The van der Waals surface area contributed by atoms with E-state index in [1.54, 1.807) is 30.6 Å². The lowest BCUT2D eigenvalue weighted by molar-refractivity contribution is 0.0952. The first kappa shape index (κ1) is 13.7. The summed E-state index contributed by atoms with van der Waals surface area (Å²) in [5, 5.41) is 3.90. The molecule has 0 aliphatic carbocycles. The normalized spacial score (nSPS) is 10.5. The van der Waals surface area contributed by atoms with Crippen molar-refractivity contribution in [2.75, 3.05) is 7.11 Å². The van der Waals surface area contributed by atoms with Crippen LogP contribution in [0.5, 0.6) is 5.75 Å². The third-order valence-electron chi connectivity index (χ3n) is 2.72. The van der Waals surface area contributed by atoms with Gasteiger partial charge in [0.1, 0.15) is 5.75 Å². The molecule has 0 saturated heterocycles. The number of hydrazone groups is 1. The number of hydrogen-bond donors (Lipinski definition) is 1. The van der Waals surface area contributed by atoms with Crippen LogP contribution in [0.15, 0.2) is 47.8 Å². The molecular weight excluding hydrogens is 254 g/mol. The van der Waals surface area contributed by atoms with Crippen LogP contribution in [0.2, 0.25) is 0 Å². The van der Waals surface area contributed by atoms with Crippen LogP contribution in [0.4, 0.5) is 0 Å². The fraction of sp³-hybridized carbons (Fsp3) is 0.133. The van der Waals surface area contributed by atoms with E-state index >= 15 is 0 Å². The fourth-order valence-electron chi connectivity index (χ4n) is 1.78. The SMILES string of the molecule is COc1c(C)cccc1C(=O)N/N=C/c1cccnc1. The van der Waals surface area contributed by atoms with Crippen molar-refractivity contribution in [1.82, 2.24) is 10.4 Å². The van der Waals surface area contributed by atoms with Crippen LogP contribution in [0.1, 0.15) is 21.5 Å². The maximum atomic E-state index is 12.0. The van der Waals surface area contributed by atoms with E-state index in [0.29, 0.717) is 11.3 Å². The molecule has 0 aliphatic heterocycles. The molecule has 0 bridgehead atoms. The Morgan fingerprint density at radius 2 is 2.20 bits per heavy atom. The van der Waals surface area contributed by atoms with Gasteiger partial charge in [-0.1, -0.05) is 18.2 Å². The minimum Gasteiger partial charge on any atom is -0.496 e. The van der Waals surface area contributed by atoms with Crippen LogP contribution in [-0.4, -0.2) is 24.2 Å². The van der Waals surface area contributed by atoms with E-state index in [9.17, 15) is 4.79 Å². The topological polar surface area (TPSA) is 63.6 Å². The molecule has 0 fully saturated rings. The number of amides is 1. The van der Waals surface area contributed by atoms with E-state index in [2.05, 4.69) is 15.5 Å². The molecule has 5 nitrogen and oxygen atoms in total. The second-order valence-corrected chi connectivity index (χ2v) is 4.14. The molecule has 2 rings (SSSR count). The summed E-state index contributed by atoms with van der Waals surface area (Å²) in [6.07, 6.45) is 4.86. The van der Waals surface area contributed by atoms with Crippen LogP contribution < -0.4 is 10.2 Å². The minimum absolute atomic E-state index is 0.314. The molecule has 20 heavy (non-hydrogen) atoms. The van der Waals surface area contributed by atoms with Crippen molar-refractivity contribution >= 4 is 12.1 Å². The first-order valence-corrected chi connectivity index (χ1v) is 6.09. The summed E-state index contributed by atoms with van der Waals surface area (Å²) >= 11 is 0. The van der Waals surface area contributed by atoms with E-state index in [0.717, 1.165) is 11.1 Å². The van der Waals surface area contributed by atoms with Gasteiger partial charge in [0.25, 0.3) is 5.91 Å². The number of carbonyl (C=O) groups is 1. The number of nitrogens with zero attached hydrogens (tertiary/aromatic N) is 2. The summed E-state index contributed by atoms with van der Waals surface area (Å²) in [6.45, 7) is 1.88. The number of para-hydroxylation sites is 1. The highest BCUT2D eigenvalue weighted by molar-refractivity contribution is 5.97. The smallest absolute Gasteiger partial charge is 0.275 e. The Morgan fingerprint density at radius 1 is 1.35 bits per heavy atom. The number of benzene rings is 1. The quantitative estimate of drug-likeness (QED) is 0.683. The molecule has 0 saturated carbocycles. The van der Waals surface area contributed by atoms with Crippen molar-refractivity contribution in [3.63, 3.8) is 0 Å². The largest absolute Gasteiger partial charge is 0.496 e. The van der Waals surface area contributed by atoms with Gasteiger partial charge >= 0.3 is 0 Å². The summed E-state index contributed by atoms with van der Waals surface area (Å²) in [6, 6.07) is 9.02. The lowest BCUT2D eigenvalue weighted by Gasteiger charge is -2.09. The van der Waals surface area contributed by atoms with Gasteiger partial charge in [0, 0.05) is 18.0 Å². The molecule has 1 aromatic carbocycles. The van der Waals surface area contributed by atoms with Gasteiger partial charge in [-0.3, -0.25) is 9.78 Å². The van der Waals surface area contributed by atoms with Gasteiger partial charge in [-0.15, -0.1) is 0 Å². The molecule has 5 heteroatoms. The zero-order valence-corrected chi connectivity index (χ0v) is 11.3. The number of ether oxygens (including phenoxy) is 1. The molecule has 1 aromatic heterocycles. The van der Waals surface area contributed by atoms with Gasteiger partial charge < -0.3 is 4.74 Å². The highest BCUT2D eigenvalue weighted by Gasteiger charge is 2.12. The summed E-state index contributed by atoms with van der Waals surface area (Å²) in [5.41, 5.74) is 4.64. The monoisotopic (exact) mass is 269 g/mol. The molecule has 0 spiro atoms. The Hall–Kier alpha value is -2.69. The molecule has 0 unspecified atom stereocenters. The van der Waals surface area contributed by atoms with Gasteiger partial charge in [0.05, 0.1) is 18.9 Å². The van der Waals surface area contributed by atoms with E-state index in [4.69, 9.17) is 4.74 Å². The average molecular weight is 269 g/mol. The Morgan fingerprint density at radius 3 is 2.90 bits per heavy atom. The zero-order chi connectivity index (χ0) is 14.4. The number of nitrogens with one attached hydrogen (secondary N) is 1. The molecule has 1 amide bonds. The van der Waals surface area contributed by atoms with Gasteiger partial charge in [0.2, 0.25) is 0 Å². The highest BCUT2D eigenvalue weighted by atomic mass is 16.5. The Labute approximate surface area is 117 Å². The maximum Gasteiger partial charge on any atom is 0.275 e. The van der Waals surface area contributed by atoms with Crippen molar-refractivity contribution in [3.05, 3.63) is 59.4 Å². The molecule has 0 aliphatic rings. The Bertz CT molecular complexity index is 624. The van der Waals surface area contributed by atoms with Gasteiger partial charge in [-0.05, 0) is 24.6 Å². The molecule has 0 radical (unpaired) electrons. The standard InChI is InChI=1S/C15H15N3O2/c1-11-5-3-7-13(14(11)20-2)15(19)18-17-10-12-6-4-8-16-9-12/h3-10H,1-2H3,(H,18,19)/b17-10+. The first-order chi connectivity index (χ1) is 9.72. The van der Waals surface area contributed by atoms with Crippen LogP contribution in [0.3, 0.4) is 0 Å². The maximum absolute atomic E-state index is 12.0. The van der Waals surface area contributed by atoms with Crippen molar-refractivity contribution < 1.29 is 9.53 Å². The number of carbonyl (C=O) groups excluding carboxylic acids is 1. The van der Waals surface area contributed by atoms with Crippen LogP contribution in [0.25, 0.3) is 0 Å². The highest BCUT2D eigenvalue weighted by Crippen LogP contribution is 2.22. The van der Waals surface area contributed by atoms with Crippen LogP contribution >= 0.6 is 0 Å². The van der Waals surface area contributed by atoms with Crippen molar-refractivity contribution in [1.29, 1.82) is 0 Å². The first-order valence-electron chi connectivity index (χ1n) is 6.09. The van der Waals surface area contributed by atoms with Crippen molar-refractivity contribution in [3.8, 4) is 5.75 Å². The van der Waals surface area contributed by atoms with Gasteiger partial charge in [-0.25, -0.2) is 5.43 Å². The molecule has 1 N–H and O–H groups in total. The van der Waals surface area contributed by atoms with Gasteiger partial charge in [0.15, 0.2) is 0 Å². The second kappa shape index (κ2) is 6.47. The molecular formula is C15H15N3O2. The fourth-order valence-corrected chi connectivity index (χ4v) is 1.78. The Kier molecular flexibility index (Phi) is 4.44. The molecule has 2 aromatic rings. The third-order valence-corrected chi connectivity index (χ3v) is 2.72. The minimum atomic E-state index is -0.314. The lowest BCUT2D eigenvalue weighted by Crippen LogP contribution is -2.18. The average Bonchev–Trinajstić information content (AvgIpc) is 2.48. The second-order valence-electron chi connectivity index (χ2n) is 4.14. The molecule has 0 atom stereocenters. The van der Waals surface area contributed by atoms with E-state index in [1.165, 1.54) is 13.3 Å². The lowest BCUT2D eigenvalue weighted by atomic mass is 10.1. The summed E-state index contributed by atoms with van der Waals surface area (Å²) in [5.74, 6) is 0.243. The van der Waals surface area contributed by atoms with E-state index in [-0.39, 0.29) is 5.91 Å². The predicted molar refractivity (Wildman–Crippen MR) is 77.0 cm³/mol. The number of hydrogen-bond acceptors (Lipinski definition) is 4. The number of aryl methyl sites for hydroxylation is 1. The molecule has 1 heterocycles. The predicted octanol–water partition coefficient (Wildman–Crippen LogP) is 2.16. The molecule has 102 valence electrons. The van der Waals surface area contributed by atoms with Crippen molar-refractivity contribution in [2.45, 2.75) is 6.92 Å². The van der Waals surface area contributed by atoms with E-state index < -0.39 is 0 Å². The summed E-state index contributed by atoms with van der Waals surface area (Å²) < 4.78 is 5.24. The number of rotatable bonds is 4. The summed E-state index contributed by atoms with van der Waals surface area (Å²) in [7, 11) is 1.54. The van der Waals surface area contributed by atoms with Crippen LogP contribution in [-0.2, 0) is 0 Å². The number of aromatic nitrogens is 1.